The molecule has 1 aromatic heterocycles. The first kappa shape index (κ1) is 15.1. The van der Waals surface area contributed by atoms with Gasteiger partial charge in [0.2, 0.25) is 11.2 Å². The average Bonchev–Trinajstić information content (AvgIpc) is 2.84. The number of anilines is 2. The molecule has 0 saturated carbocycles. The summed E-state index contributed by atoms with van der Waals surface area (Å²) in [6, 6.07) is 7.72. The third-order valence-corrected chi connectivity index (χ3v) is 4.39. The van der Waals surface area contributed by atoms with Crippen LogP contribution in [0.15, 0.2) is 30.5 Å². The summed E-state index contributed by atoms with van der Waals surface area (Å²) in [5.74, 6) is 0.445. The van der Waals surface area contributed by atoms with E-state index in [4.69, 9.17) is 23.2 Å². The van der Waals surface area contributed by atoms with Crippen molar-refractivity contribution in [1.82, 2.24) is 15.3 Å². The first-order valence-electron chi connectivity index (χ1n) is 6.74. The molecule has 0 aliphatic carbocycles. The fourth-order valence-electron chi connectivity index (χ4n) is 2.85. The van der Waals surface area contributed by atoms with Crippen molar-refractivity contribution in [2.45, 2.75) is 12.3 Å². The van der Waals surface area contributed by atoms with E-state index in [1.54, 1.807) is 7.05 Å². The SMILES string of the molecule is CNC(=O)C1(C)CN(c2nc(Cl)ncc2Cl)c2ccccc21. The van der Waals surface area contributed by atoms with E-state index >= 15 is 0 Å². The normalized spacial score (nSPS) is 19.9. The number of hydrogen-bond donors (Lipinski definition) is 1. The molecule has 3 rings (SSSR count). The highest BCUT2D eigenvalue weighted by Gasteiger charge is 2.45. The lowest BCUT2D eigenvalue weighted by Gasteiger charge is -2.24. The van der Waals surface area contributed by atoms with E-state index in [9.17, 15) is 4.79 Å². The van der Waals surface area contributed by atoms with E-state index in [-0.39, 0.29) is 11.2 Å². The van der Waals surface area contributed by atoms with Crippen molar-refractivity contribution in [1.29, 1.82) is 0 Å². The maximum absolute atomic E-state index is 12.4. The molecule has 1 unspecified atom stereocenters. The van der Waals surface area contributed by atoms with Crippen molar-refractivity contribution in [2.24, 2.45) is 0 Å². The number of benzene rings is 1. The highest BCUT2D eigenvalue weighted by atomic mass is 35.5. The van der Waals surface area contributed by atoms with Crippen molar-refractivity contribution >= 4 is 40.6 Å². The summed E-state index contributed by atoms with van der Waals surface area (Å²) >= 11 is 12.1. The van der Waals surface area contributed by atoms with Crippen LogP contribution in [0.3, 0.4) is 0 Å². The van der Waals surface area contributed by atoms with Crippen LogP contribution in [0.5, 0.6) is 0 Å². The van der Waals surface area contributed by atoms with Crippen LogP contribution in [0.2, 0.25) is 10.3 Å². The number of halogens is 2. The molecule has 0 fully saturated rings. The fourth-order valence-corrected chi connectivity index (χ4v) is 3.17. The van der Waals surface area contributed by atoms with E-state index in [1.807, 2.05) is 36.1 Å². The van der Waals surface area contributed by atoms with Gasteiger partial charge in [-0.15, -0.1) is 0 Å². The molecular weight excluding hydrogens is 323 g/mol. The molecule has 2 aromatic rings. The highest BCUT2D eigenvalue weighted by Crippen LogP contribution is 2.45. The smallest absolute Gasteiger partial charge is 0.232 e. The van der Waals surface area contributed by atoms with E-state index in [1.165, 1.54) is 6.20 Å². The summed E-state index contributed by atoms with van der Waals surface area (Å²) in [7, 11) is 1.63. The lowest BCUT2D eigenvalue weighted by Crippen LogP contribution is -2.43. The van der Waals surface area contributed by atoms with Gasteiger partial charge in [-0.2, -0.15) is 4.98 Å². The van der Waals surface area contributed by atoms with Gasteiger partial charge in [0, 0.05) is 19.3 Å². The standard InChI is InChI=1S/C15H14Cl2N4O/c1-15(13(22)18-2)8-21(11-6-4-3-5-9(11)15)12-10(16)7-19-14(17)20-12/h3-7H,8H2,1-2H3,(H,18,22). The summed E-state index contributed by atoms with van der Waals surface area (Å²) in [6.45, 7) is 2.33. The molecule has 7 heteroatoms. The Kier molecular flexibility index (Phi) is 3.70. The van der Waals surface area contributed by atoms with Crippen LogP contribution in [0.4, 0.5) is 11.5 Å². The lowest BCUT2D eigenvalue weighted by molar-refractivity contribution is -0.125. The number of nitrogens with zero attached hydrogens (tertiary/aromatic N) is 3. The topological polar surface area (TPSA) is 58.1 Å². The Bertz CT molecular complexity index is 752. The maximum Gasteiger partial charge on any atom is 0.232 e. The van der Waals surface area contributed by atoms with Gasteiger partial charge in [-0.3, -0.25) is 4.79 Å². The second-order valence-electron chi connectivity index (χ2n) is 5.33. The fraction of sp³-hybridized carbons (Fsp3) is 0.267. The van der Waals surface area contributed by atoms with Crippen molar-refractivity contribution in [3.8, 4) is 0 Å². The van der Waals surface area contributed by atoms with E-state index in [0.717, 1.165) is 11.3 Å². The predicted octanol–water partition coefficient (Wildman–Crippen LogP) is 2.94. The van der Waals surface area contributed by atoms with Gasteiger partial charge in [-0.05, 0) is 30.2 Å². The maximum atomic E-state index is 12.4. The van der Waals surface area contributed by atoms with Crippen LogP contribution in [0.1, 0.15) is 12.5 Å². The third kappa shape index (κ3) is 2.21. The molecule has 114 valence electrons. The molecule has 5 nitrogen and oxygen atoms in total. The number of para-hydroxylation sites is 1. The highest BCUT2D eigenvalue weighted by molar-refractivity contribution is 6.33. The predicted molar refractivity (Wildman–Crippen MR) is 86.9 cm³/mol. The Morgan fingerprint density at radius 1 is 1.36 bits per heavy atom. The molecule has 0 saturated heterocycles. The zero-order chi connectivity index (χ0) is 15.9. The zero-order valence-corrected chi connectivity index (χ0v) is 13.6. The number of aromatic nitrogens is 2. The number of hydrogen-bond acceptors (Lipinski definition) is 4. The lowest BCUT2D eigenvalue weighted by atomic mass is 9.83. The number of fused-ring (bicyclic) bond motifs is 1. The Morgan fingerprint density at radius 2 is 2.09 bits per heavy atom. The number of likely N-dealkylation sites (N-methyl/N-ethyl adjacent to an activating group) is 1. The third-order valence-electron chi connectivity index (χ3n) is 3.94. The number of carbonyl (C=O) groups excluding carboxylic acids is 1. The monoisotopic (exact) mass is 336 g/mol. The number of rotatable bonds is 2. The Labute approximate surface area is 138 Å². The largest absolute Gasteiger partial charge is 0.358 e. The number of nitrogens with one attached hydrogen (secondary N) is 1. The molecular formula is C15H14Cl2N4O. The van der Waals surface area contributed by atoms with E-state index < -0.39 is 5.41 Å². The van der Waals surface area contributed by atoms with Gasteiger partial charge in [-0.25, -0.2) is 4.98 Å². The molecule has 1 atom stereocenters. The molecule has 0 spiro atoms. The summed E-state index contributed by atoms with van der Waals surface area (Å²) in [6.07, 6.45) is 1.46. The van der Waals surface area contributed by atoms with Crippen LogP contribution in [0, 0.1) is 0 Å². The summed E-state index contributed by atoms with van der Waals surface area (Å²) in [4.78, 5) is 22.4. The molecule has 22 heavy (non-hydrogen) atoms. The zero-order valence-electron chi connectivity index (χ0n) is 12.1. The Balaban J connectivity index is 2.16. The molecule has 2 heterocycles. The van der Waals surface area contributed by atoms with Crippen LogP contribution in [0.25, 0.3) is 0 Å². The first-order chi connectivity index (χ1) is 10.5. The molecule has 1 N–H and O–H groups in total. The molecule has 1 amide bonds. The number of amides is 1. The van der Waals surface area contributed by atoms with Gasteiger partial charge >= 0.3 is 0 Å². The molecule has 1 aromatic carbocycles. The van der Waals surface area contributed by atoms with Crippen LogP contribution >= 0.6 is 23.2 Å². The van der Waals surface area contributed by atoms with Gasteiger partial charge in [0.1, 0.15) is 5.02 Å². The molecule has 1 aliphatic rings. The average molecular weight is 337 g/mol. The Hall–Kier alpha value is -1.85. The summed E-state index contributed by atoms with van der Waals surface area (Å²) in [5, 5.41) is 3.23. The van der Waals surface area contributed by atoms with Crippen molar-refractivity contribution in [3.05, 3.63) is 46.3 Å². The van der Waals surface area contributed by atoms with E-state index in [0.29, 0.717) is 17.4 Å². The second kappa shape index (κ2) is 5.41. The molecule has 0 radical (unpaired) electrons. The number of carbonyl (C=O) groups is 1. The molecule has 1 aliphatic heterocycles. The van der Waals surface area contributed by atoms with Gasteiger partial charge in [-0.1, -0.05) is 29.8 Å². The quantitative estimate of drug-likeness (QED) is 0.856. The second-order valence-corrected chi connectivity index (χ2v) is 6.07. The van der Waals surface area contributed by atoms with Gasteiger partial charge in [0.15, 0.2) is 5.82 Å². The van der Waals surface area contributed by atoms with Crippen LogP contribution < -0.4 is 10.2 Å². The minimum atomic E-state index is -0.688. The van der Waals surface area contributed by atoms with Gasteiger partial charge < -0.3 is 10.2 Å². The molecule has 0 bridgehead atoms. The first-order valence-corrected chi connectivity index (χ1v) is 7.50. The van der Waals surface area contributed by atoms with Crippen LogP contribution in [-0.2, 0) is 10.2 Å². The van der Waals surface area contributed by atoms with E-state index in [2.05, 4.69) is 15.3 Å². The minimum absolute atomic E-state index is 0.0567. The van der Waals surface area contributed by atoms with Crippen molar-refractivity contribution in [3.63, 3.8) is 0 Å². The van der Waals surface area contributed by atoms with Crippen molar-refractivity contribution < 1.29 is 4.79 Å². The van der Waals surface area contributed by atoms with Crippen molar-refractivity contribution in [2.75, 3.05) is 18.5 Å². The van der Waals surface area contributed by atoms with Gasteiger partial charge in [0.25, 0.3) is 0 Å². The van der Waals surface area contributed by atoms with Gasteiger partial charge in [0.05, 0.1) is 11.6 Å². The summed E-state index contributed by atoms with van der Waals surface area (Å²) in [5.41, 5.74) is 1.14. The summed E-state index contributed by atoms with van der Waals surface area (Å²) < 4.78 is 0. The Morgan fingerprint density at radius 3 is 2.82 bits per heavy atom. The minimum Gasteiger partial charge on any atom is -0.358 e. The van der Waals surface area contributed by atoms with Crippen LogP contribution in [-0.4, -0.2) is 29.5 Å².